The molecule has 0 unspecified atom stereocenters. The maximum atomic E-state index is 13.5. The van der Waals surface area contributed by atoms with E-state index in [-0.39, 0.29) is 22.9 Å². The molecule has 31 heavy (non-hydrogen) atoms. The van der Waals surface area contributed by atoms with Gasteiger partial charge in [-0.25, -0.2) is 13.4 Å². The molecule has 158 valence electrons. The van der Waals surface area contributed by atoms with Crippen molar-refractivity contribution < 1.29 is 13.2 Å². The lowest BCUT2D eigenvalue weighted by molar-refractivity contribution is 0.0984. The molecule has 0 radical (unpaired) electrons. The molecule has 4 aromatic rings. The maximum absolute atomic E-state index is 13.5. The number of amides is 1. The number of carbonyl (C=O) groups is 1. The van der Waals surface area contributed by atoms with E-state index in [1.807, 2.05) is 44.2 Å². The molecule has 2 heterocycles. The number of aromatic nitrogens is 2. The normalized spacial score (nSPS) is 11.6. The van der Waals surface area contributed by atoms with Crippen LogP contribution in [0.4, 0.5) is 5.13 Å². The van der Waals surface area contributed by atoms with Gasteiger partial charge in [0, 0.05) is 18.0 Å². The lowest BCUT2D eigenvalue weighted by Crippen LogP contribution is -2.30. The minimum absolute atomic E-state index is 0.104. The molecule has 2 aromatic carbocycles. The van der Waals surface area contributed by atoms with Crippen LogP contribution in [0.1, 0.15) is 27.2 Å². The first-order valence-electron chi connectivity index (χ1n) is 9.62. The van der Waals surface area contributed by atoms with Crippen molar-refractivity contribution in [1.29, 1.82) is 0 Å². The molecule has 4 rings (SSSR count). The third-order valence-corrected chi connectivity index (χ3v) is 7.29. The van der Waals surface area contributed by atoms with Crippen LogP contribution in [-0.4, -0.2) is 30.5 Å². The van der Waals surface area contributed by atoms with Crippen LogP contribution in [0, 0.1) is 13.8 Å². The Balaban J connectivity index is 1.83. The van der Waals surface area contributed by atoms with Crippen LogP contribution in [0.15, 0.2) is 65.7 Å². The second-order valence-corrected chi connectivity index (χ2v) is 10.4. The number of fused-ring (bicyclic) bond motifs is 1. The van der Waals surface area contributed by atoms with E-state index >= 15 is 0 Å². The van der Waals surface area contributed by atoms with Crippen LogP contribution in [0.2, 0.25) is 0 Å². The molecule has 0 spiro atoms. The Labute approximate surface area is 185 Å². The Morgan fingerprint density at radius 2 is 1.81 bits per heavy atom. The molecule has 6 nitrogen and oxygen atoms in total. The number of hydrogen-bond acceptors (Lipinski definition) is 6. The minimum Gasteiger partial charge on any atom is -0.278 e. The number of pyridine rings is 1. The molecule has 0 aliphatic heterocycles. The third-order valence-electron chi connectivity index (χ3n) is 4.96. The van der Waals surface area contributed by atoms with Crippen LogP contribution in [0.25, 0.3) is 10.2 Å². The van der Waals surface area contributed by atoms with Crippen LogP contribution < -0.4 is 4.90 Å². The van der Waals surface area contributed by atoms with E-state index in [9.17, 15) is 13.2 Å². The number of rotatable bonds is 5. The van der Waals surface area contributed by atoms with E-state index in [1.165, 1.54) is 23.5 Å². The Kier molecular flexibility index (Phi) is 5.60. The van der Waals surface area contributed by atoms with E-state index in [1.54, 1.807) is 23.2 Å². The average Bonchev–Trinajstić information content (AvgIpc) is 3.21. The zero-order chi connectivity index (χ0) is 22.2. The van der Waals surface area contributed by atoms with Crippen LogP contribution >= 0.6 is 11.3 Å². The van der Waals surface area contributed by atoms with Crippen molar-refractivity contribution in [2.75, 3.05) is 11.2 Å². The fraction of sp³-hybridized carbons (Fsp3) is 0.174. The van der Waals surface area contributed by atoms with Gasteiger partial charge in [-0.05, 0) is 55.3 Å². The molecule has 0 aliphatic rings. The summed E-state index contributed by atoms with van der Waals surface area (Å²) in [7, 11) is -3.44. The molecule has 0 N–H and O–H groups in total. The monoisotopic (exact) mass is 451 g/mol. The lowest BCUT2D eigenvalue weighted by atomic mass is 10.1. The van der Waals surface area contributed by atoms with Crippen molar-refractivity contribution in [1.82, 2.24) is 9.97 Å². The Morgan fingerprint density at radius 1 is 1.03 bits per heavy atom. The average molecular weight is 452 g/mol. The van der Waals surface area contributed by atoms with Gasteiger partial charge in [-0.15, -0.1) is 0 Å². The van der Waals surface area contributed by atoms with E-state index in [0.29, 0.717) is 10.8 Å². The summed E-state index contributed by atoms with van der Waals surface area (Å²) in [5.74, 6) is -0.328. The molecule has 0 atom stereocenters. The van der Waals surface area contributed by atoms with Gasteiger partial charge in [0.15, 0.2) is 15.0 Å². The molecule has 0 fully saturated rings. The van der Waals surface area contributed by atoms with Crippen LogP contribution in [0.5, 0.6) is 0 Å². The highest BCUT2D eigenvalue weighted by atomic mass is 32.2. The summed E-state index contributed by atoms with van der Waals surface area (Å²) in [6.07, 6.45) is 2.80. The summed E-state index contributed by atoms with van der Waals surface area (Å²) >= 11 is 1.45. The van der Waals surface area contributed by atoms with Crippen molar-refractivity contribution in [2.45, 2.75) is 25.3 Å². The molecule has 1 amide bonds. The summed E-state index contributed by atoms with van der Waals surface area (Å²) in [4.78, 5) is 24.3. The number of hydrogen-bond donors (Lipinski definition) is 0. The first-order valence-corrected chi connectivity index (χ1v) is 12.3. The second kappa shape index (κ2) is 8.20. The van der Waals surface area contributed by atoms with Gasteiger partial charge in [0.2, 0.25) is 0 Å². The Hall–Kier alpha value is -3.10. The predicted octanol–water partition coefficient (Wildman–Crippen LogP) is 4.56. The summed E-state index contributed by atoms with van der Waals surface area (Å²) in [6, 6.07) is 15.7. The van der Waals surface area contributed by atoms with Crippen LogP contribution in [-0.2, 0) is 16.4 Å². The Morgan fingerprint density at radius 3 is 2.48 bits per heavy atom. The number of thiazole rings is 1. The van der Waals surface area contributed by atoms with E-state index in [0.717, 1.165) is 27.6 Å². The van der Waals surface area contributed by atoms with Crippen LogP contribution in [0.3, 0.4) is 0 Å². The highest BCUT2D eigenvalue weighted by molar-refractivity contribution is 7.90. The smallest absolute Gasteiger partial charge is 0.260 e. The van der Waals surface area contributed by atoms with Gasteiger partial charge < -0.3 is 0 Å². The summed E-state index contributed by atoms with van der Waals surface area (Å²) in [6.45, 7) is 4.23. The van der Waals surface area contributed by atoms with Gasteiger partial charge in [0.1, 0.15) is 0 Å². The van der Waals surface area contributed by atoms with Crippen molar-refractivity contribution >= 4 is 42.4 Å². The highest BCUT2D eigenvalue weighted by Gasteiger charge is 2.24. The molecule has 2 aromatic heterocycles. The predicted molar refractivity (Wildman–Crippen MR) is 123 cm³/mol. The van der Waals surface area contributed by atoms with Gasteiger partial charge in [-0.2, -0.15) is 0 Å². The molecule has 0 saturated carbocycles. The maximum Gasteiger partial charge on any atom is 0.260 e. The zero-order valence-corrected chi connectivity index (χ0v) is 19.0. The number of anilines is 1. The standard InChI is InChI=1S/C23H21N3O3S2/c1-15-10-11-16(2)21-20(15)25-23(30-21)26(14-18-8-4-5-12-24-18)22(27)17-7-6-9-19(13-17)31(3,28)29/h4-13H,14H2,1-3H3. The van der Waals surface area contributed by atoms with Crippen molar-refractivity contribution in [3.8, 4) is 0 Å². The molecular weight excluding hydrogens is 430 g/mol. The topological polar surface area (TPSA) is 80.2 Å². The number of sulfone groups is 1. The number of carbonyl (C=O) groups excluding carboxylic acids is 1. The number of nitrogens with zero attached hydrogens (tertiary/aromatic N) is 3. The van der Waals surface area contributed by atoms with Gasteiger partial charge in [0.25, 0.3) is 5.91 Å². The fourth-order valence-corrected chi connectivity index (χ4v) is 5.04. The molecule has 0 aliphatic carbocycles. The Bertz CT molecular complexity index is 1340. The fourth-order valence-electron chi connectivity index (χ4n) is 3.26. The van der Waals surface area contributed by atoms with Crippen molar-refractivity contribution in [2.24, 2.45) is 0 Å². The largest absolute Gasteiger partial charge is 0.278 e. The molecule has 8 heteroatoms. The lowest BCUT2D eigenvalue weighted by Gasteiger charge is -2.20. The molecular formula is C23H21N3O3S2. The van der Waals surface area contributed by atoms with Gasteiger partial charge in [-0.3, -0.25) is 14.7 Å². The summed E-state index contributed by atoms with van der Waals surface area (Å²) < 4.78 is 25.0. The zero-order valence-electron chi connectivity index (χ0n) is 17.4. The van der Waals surface area contributed by atoms with Crippen molar-refractivity contribution in [3.05, 3.63) is 83.2 Å². The molecule has 0 bridgehead atoms. The number of aryl methyl sites for hydroxylation is 2. The minimum atomic E-state index is -3.44. The summed E-state index contributed by atoms with van der Waals surface area (Å²) in [5.41, 5.74) is 3.99. The molecule has 0 saturated heterocycles. The first-order chi connectivity index (χ1) is 14.7. The van der Waals surface area contributed by atoms with Gasteiger partial charge in [0.05, 0.1) is 27.4 Å². The van der Waals surface area contributed by atoms with E-state index in [2.05, 4.69) is 4.98 Å². The van der Waals surface area contributed by atoms with Crippen molar-refractivity contribution in [3.63, 3.8) is 0 Å². The number of benzene rings is 2. The van der Waals surface area contributed by atoms with Gasteiger partial charge in [-0.1, -0.05) is 35.6 Å². The van der Waals surface area contributed by atoms with Gasteiger partial charge >= 0.3 is 0 Å². The first kappa shape index (κ1) is 21.1. The quantitative estimate of drug-likeness (QED) is 0.444. The summed E-state index contributed by atoms with van der Waals surface area (Å²) in [5, 5.41) is 0.549. The van der Waals surface area contributed by atoms with E-state index < -0.39 is 9.84 Å². The highest BCUT2D eigenvalue weighted by Crippen LogP contribution is 2.34. The third kappa shape index (κ3) is 4.35. The SMILES string of the molecule is Cc1ccc(C)c2sc(N(Cc3ccccn3)C(=O)c3cccc(S(C)(=O)=O)c3)nc12. The van der Waals surface area contributed by atoms with E-state index in [4.69, 9.17) is 4.98 Å². The second-order valence-electron chi connectivity index (χ2n) is 7.39.